The summed E-state index contributed by atoms with van der Waals surface area (Å²) in [7, 11) is -17.1. The number of ether oxygens (including phenoxy) is 3. The Balaban J connectivity index is 1.65. The van der Waals surface area contributed by atoms with Crippen molar-refractivity contribution >= 4 is 61.7 Å². The highest BCUT2D eigenvalue weighted by molar-refractivity contribution is 8.00. The number of sulfone groups is 3. The van der Waals surface area contributed by atoms with Gasteiger partial charge in [0.05, 0.1) is 31.2 Å². The van der Waals surface area contributed by atoms with Gasteiger partial charge in [-0.1, -0.05) is 0 Å². The van der Waals surface area contributed by atoms with Crippen molar-refractivity contribution in [2.75, 3.05) is 39.5 Å². The minimum absolute atomic E-state index is 0.0984. The second kappa shape index (κ2) is 13.7. The fraction of sp³-hybridized carbons (Fsp3) is 0.318. The standard InChI is InChI=1S/C22H25B2NO16S3/c1-14-15(2-11-42(14,33)34)20(26)39-8-5-25(6-9-40-21(27)16-3-12-43(35,36)18(16)23(29)30)7-10-41-22(28)17-4-13-44(37,38)19(17)24(31)32/h2-4,11-13,29-32H,5-10H2,1H3. The molecule has 0 spiro atoms. The Kier molecular flexibility index (Phi) is 11.0. The van der Waals surface area contributed by atoms with Gasteiger partial charge in [-0.3, -0.25) is 4.90 Å². The first-order chi connectivity index (χ1) is 20.4. The molecule has 0 atom stereocenters. The van der Waals surface area contributed by atoms with Gasteiger partial charge in [0.2, 0.25) is 0 Å². The van der Waals surface area contributed by atoms with Gasteiger partial charge in [0, 0.05) is 35.9 Å². The Hall–Kier alpha value is -3.37. The van der Waals surface area contributed by atoms with Gasteiger partial charge in [0.15, 0.2) is 29.5 Å². The molecule has 3 aliphatic heterocycles. The van der Waals surface area contributed by atoms with Crippen LogP contribution in [0.2, 0.25) is 0 Å². The Labute approximate surface area is 252 Å². The van der Waals surface area contributed by atoms with Gasteiger partial charge >= 0.3 is 32.1 Å². The van der Waals surface area contributed by atoms with Crippen molar-refractivity contribution < 1.29 is 73.9 Å². The minimum atomic E-state index is -4.24. The van der Waals surface area contributed by atoms with E-state index < -0.39 is 95.6 Å². The van der Waals surface area contributed by atoms with E-state index in [4.69, 9.17) is 14.2 Å². The van der Waals surface area contributed by atoms with Gasteiger partial charge in [0.25, 0.3) is 0 Å². The van der Waals surface area contributed by atoms with Crippen LogP contribution in [0.25, 0.3) is 0 Å². The molecular formula is C22H25B2NO16S3. The zero-order valence-corrected chi connectivity index (χ0v) is 25.2. The van der Waals surface area contributed by atoms with Gasteiger partial charge < -0.3 is 34.3 Å². The summed E-state index contributed by atoms with van der Waals surface area (Å²) in [5.41, 5.74) is -1.39. The van der Waals surface area contributed by atoms with E-state index in [1.165, 1.54) is 11.8 Å². The normalized spacial score (nSPS) is 19.2. The largest absolute Gasteiger partial charge is 0.501 e. The van der Waals surface area contributed by atoms with Gasteiger partial charge in [-0.25, -0.2) is 39.6 Å². The van der Waals surface area contributed by atoms with E-state index in [1.807, 2.05) is 0 Å². The second-order valence-corrected chi connectivity index (χ2v) is 14.6. The first-order valence-corrected chi connectivity index (χ1v) is 17.0. The third kappa shape index (κ3) is 8.01. The lowest BCUT2D eigenvalue weighted by atomic mass is 9.87. The average Bonchev–Trinajstić information content (AvgIpc) is 3.51. The summed E-state index contributed by atoms with van der Waals surface area (Å²) in [6.07, 6.45) is 2.75. The van der Waals surface area contributed by atoms with E-state index in [-0.39, 0.29) is 36.7 Å². The highest BCUT2D eigenvalue weighted by Crippen LogP contribution is 2.26. The Morgan fingerprint density at radius 1 is 0.614 bits per heavy atom. The molecule has 4 N–H and O–H groups in total. The molecule has 0 amide bonds. The Bertz CT molecular complexity index is 1660. The van der Waals surface area contributed by atoms with Crippen LogP contribution >= 0.6 is 0 Å². The van der Waals surface area contributed by atoms with Crippen LogP contribution in [-0.2, 0) is 58.1 Å². The topological polar surface area (TPSA) is 265 Å². The summed E-state index contributed by atoms with van der Waals surface area (Å²) in [4.78, 5) is 36.5. The van der Waals surface area contributed by atoms with Crippen LogP contribution in [0.5, 0.6) is 0 Å². The van der Waals surface area contributed by atoms with Gasteiger partial charge in [-0.2, -0.15) is 0 Å². The van der Waals surface area contributed by atoms with E-state index >= 15 is 0 Å². The summed E-state index contributed by atoms with van der Waals surface area (Å²) in [5.74, 6) is -3.34. The van der Waals surface area contributed by atoms with E-state index in [0.717, 1.165) is 23.6 Å². The lowest BCUT2D eigenvalue weighted by Crippen LogP contribution is -2.35. The molecule has 238 valence electrons. The van der Waals surface area contributed by atoms with Crippen molar-refractivity contribution in [1.82, 2.24) is 4.90 Å². The predicted molar refractivity (Wildman–Crippen MR) is 151 cm³/mol. The number of hydrogen-bond acceptors (Lipinski definition) is 17. The van der Waals surface area contributed by atoms with Crippen molar-refractivity contribution in [3.63, 3.8) is 0 Å². The number of nitrogens with zero attached hydrogens (tertiary/aromatic N) is 1. The molecular weight excluding hydrogens is 652 g/mol. The highest BCUT2D eigenvalue weighted by Gasteiger charge is 2.38. The van der Waals surface area contributed by atoms with Crippen LogP contribution in [0.1, 0.15) is 6.92 Å². The van der Waals surface area contributed by atoms with E-state index in [1.54, 1.807) is 0 Å². The molecule has 0 fully saturated rings. The number of esters is 3. The number of allylic oxidation sites excluding steroid dienone is 1. The molecule has 0 radical (unpaired) electrons. The van der Waals surface area contributed by atoms with Gasteiger partial charge in [0.1, 0.15) is 19.8 Å². The quantitative estimate of drug-likeness (QED) is 0.0791. The van der Waals surface area contributed by atoms with Crippen LogP contribution in [0.3, 0.4) is 0 Å². The van der Waals surface area contributed by atoms with E-state index in [9.17, 15) is 59.7 Å². The van der Waals surface area contributed by atoms with Crippen molar-refractivity contribution in [2.45, 2.75) is 6.92 Å². The molecule has 3 aliphatic rings. The zero-order chi connectivity index (χ0) is 33.0. The van der Waals surface area contributed by atoms with Crippen molar-refractivity contribution in [3.8, 4) is 0 Å². The van der Waals surface area contributed by atoms with E-state index in [2.05, 4.69) is 0 Å². The van der Waals surface area contributed by atoms with Gasteiger partial charge in [-0.15, -0.1) is 0 Å². The molecule has 0 saturated carbocycles. The number of carbonyl (C=O) groups is 3. The molecule has 0 aromatic carbocycles. The van der Waals surface area contributed by atoms with Crippen LogP contribution in [0.15, 0.2) is 65.7 Å². The average molecular weight is 677 g/mol. The Morgan fingerprint density at radius 3 is 1.25 bits per heavy atom. The molecule has 22 heteroatoms. The smallest absolute Gasteiger partial charge is 0.461 e. The van der Waals surface area contributed by atoms with Crippen LogP contribution in [-0.4, -0.2) is 122 Å². The molecule has 0 unspecified atom stereocenters. The van der Waals surface area contributed by atoms with Crippen LogP contribution in [0, 0.1) is 0 Å². The summed E-state index contributed by atoms with van der Waals surface area (Å²) < 4.78 is 86.4. The molecule has 0 bridgehead atoms. The van der Waals surface area contributed by atoms with Crippen molar-refractivity contribution in [2.24, 2.45) is 0 Å². The number of rotatable bonds is 14. The van der Waals surface area contributed by atoms with Crippen molar-refractivity contribution in [3.05, 3.63) is 65.7 Å². The number of carbonyl (C=O) groups excluding carboxylic acids is 3. The van der Waals surface area contributed by atoms with Crippen molar-refractivity contribution in [1.29, 1.82) is 0 Å². The number of hydrogen-bond donors (Lipinski definition) is 4. The molecule has 0 aromatic heterocycles. The predicted octanol–water partition coefficient (Wildman–Crippen LogP) is -3.45. The third-order valence-electron chi connectivity index (χ3n) is 6.24. The molecule has 44 heavy (non-hydrogen) atoms. The molecule has 3 rings (SSSR count). The molecule has 0 aromatic rings. The maximum absolute atomic E-state index is 12.4. The second-order valence-electron chi connectivity index (χ2n) is 9.07. The molecule has 17 nitrogen and oxygen atoms in total. The van der Waals surface area contributed by atoms with Crippen LogP contribution < -0.4 is 0 Å². The lowest BCUT2D eigenvalue weighted by molar-refractivity contribution is -0.139. The Morgan fingerprint density at radius 2 is 0.932 bits per heavy atom. The third-order valence-corrected chi connectivity index (χ3v) is 10.9. The summed E-state index contributed by atoms with van der Waals surface area (Å²) >= 11 is 0. The molecule has 3 heterocycles. The zero-order valence-electron chi connectivity index (χ0n) is 22.7. The summed E-state index contributed by atoms with van der Waals surface area (Å²) in [6, 6.07) is 0. The monoisotopic (exact) mass is 677 g/mol. The maximum Gasteiger partial charge on any atom is 0.501 e. The minimum Gasteiger partial charge on any atom is -0.461 e. The highest BCUT2D eigenvalue weighted by atomic mass is 32.2. The SMILES string of the molecule is CC1=C(C(=O)OCCN(CCOC(=O)C2=C(B(O)O)S(=O)(=O)C=C2)CCOC(=O)C2=C(B(O)O)S(=O)(=O)C=C2)C=CS1(=O)=O. The lowest BCUT2D eigenvalue weighted by Gasteiger charge is -2.22. The van der Waals surface area contributed by atoms with Gasteiger partial charge in [-0.05, 0) is 25.2 Å². The molecule has 0 aliphatic carbocycles. The molecule has 0 saturated heterocycles. The summed E-state index contributed by atoms with van der Waals surface area (Å²) in [5, 5.41) is 39.4. The van der Waals surface area contributed by atoms with E-state index in [0.29, 0.717) is 10.8 Å². The first-order valence-electron chi connectivity index (χ1n) is 12.3. The fourth-order valence-electron chi connectivity index (χ4n) is 3.95. The van der Waals surface area contributed by atoms with Crippen LogP contribution in [0.4, 0.5) is 0 Å². The maximum atomic E-state index is 12.4. The summed E-state index contributed by atoms with van der Waals surface area (Å²) in [6.45, 7) is -0.339. The fourth-order valence-corrected chi connectivity index (χ4v) is 7.36. The first kappa shape index (κ1) is 35.1.